The maximum atomic E-state index is 13.8. The van der Waals surface area contributed by atoms with Gasteiger partial charge in [0.05, 0.1) is 6.54 Å². The Labute approximate surface area is 200 Å². The van der Waals surface area contributed by atoms with E-state index in [0.717, 1.165) is 22.3 Å². The van der Waals surface area contributed by atoms with Gasteiger partial charge in [0.15, 0.2) is 5.78 Å². The maximum Gasteiger partial charge on any atom is 0.411 e. The van der Waals surface area contributed by atoms with E-state index in [-0.39, 0.29) is 18.9 Å². The number of rotatable bonds is 8. The number of carbonyl (C=O) groups excluding carboxylic acids is 2. The monoisotopic (exact) mass is 449 g/mol. The van der Waals surface area contributed by atoms with E-state index in [1.165, 1.54) is 4.90 Å². The fraction of sp³-hybridized carbons (Fsp3) is 0.133. The van der Waals surface area contributed by atoms with Gasteiger partial charge in [-0.15, -0.1) is 0 Å². The largest absolute Gasteiger partial charge is 0.445 e. The van der Waals surface area contributed by atoms with Crippen molar-refractivity contribution in [1.82, 2.24) is 4.90 Å². The van der Waals surface area contributed by atoms with Crippen LogP contribution >= 0.6 is 0 Å². The molecule has 0 saturated heterocycles. The number of amides is 1. The van der Waals surface area contributed by atoms with Gasteiger partial charge in [0.2, 0.25) is 0 Å². The molecule has 1 unspecified atom stereocenters. The predicted octanol–water partition coefficient (Wildman–Crippen LogP) is 6.76. The first-order valence-electron chi connectivity index (χ1n) is 11.3. The van der Waals surface area contributed by atoms with Gasteiger partial charge in [-0.05, 0) is 23.6 Å². The van der Waals surface area contributed by atoms with Gasteiger partial charge in [0, 0.05) is 5.56 Å². The molecule has 0 spiro atoms. The normalized spacial score (nSPS) is 11.4. The lowest BCUT2D eigenvalue weighted by Crippen LogP contribution is -2.39. The van der Waals surface area contributed by atoms with Crippen molar-refractivity contribution in [3.05, 3.63) is 143 Å². The van der Waals surface area contributed by atoms with Gasteiger partial charge in [-0.1, -0.05) is 121 Å². The summed E-state index contributed by atoms with van der Waals surface area (Å²) in [7, 11) is 0. The van der Waals surface area contributed by atoms with E-state index >= 15 is 0 Å². The molecule has 0 aliphatic heterocycles. The first-order valence-corrected chi connectivity index (χ1v) is 11.3. The van der Waals surface area contributed by atoms with Crippen molar-refractivity contribution in [2.24, 2.45) is 0 Å². The molecule has 0 aliphatic rings. The van der Waals surface area contributed by atoms with Crippen LogP contribution in [0.2, 0.25) is 0 Å². The van der Waals surface area contributed by atoms with E-state index in [9.17, 15) is 9.59 Å². The van der Waals surface area contributed by atoms with E-state index in [2.05, 4.69) is 0 Å². The molecule has 0 bridgehead atoms. The number of nitrogens with zero attached hydrogens (tertiary/aromatic N) is 1. The Morgan fingerprint density at radius 3 is 1.82 bits per heavy atom. The summed E-state index contributed by atoms with van der Waals surface area (Å²) in [5, 5.41) is 0. The number of aryl methyl sites for hydroxylation is 1. The highest BCUT2D eigenvalue weighted by Gasteiger charge is 2.33. The number of ketones is 1. The Morgan fingerprint density at radius 2 is 1.24 bits per heavy atom. The second kappa shape index (κ2) is 11.1. The predicted molar refractivity (Wildman–Crippen MR) is 133 cm³/mol. The fourth-order valence-corrected chi connectivity index (χ4v) is 3.83. The van der Waals surface area contributed by atoms with E-state index in [1.807, 2.05) is 110 Å². The summed E-state index contributed by atoms with van der Waals surface area (Å²) in [6, 6.07) is 35.1. The summed E-state index contributed by atoms with van der Waals surface area (Å²) in [6.45, 7) is 2.37. The van der Waals surface area contributed by atoms with Gasteiger partial charge in [-0.3, -0.25) is 9.69 Å². The molecule has 0 heterocycles. The third-order valence-electron chi connectivity index (χ3n) is 5.65. The minimum absolute atomic E-state index is 0.130. The number of carbonyl (C=O) groups is 2. The Bertz CT molecular complexity index is 1210. The zero-order chi connectivity index (χ0) is 23.8. The molecule has 0 radical (unpaired) electrons. The van der Waals surface area contributed by atoms with Crippen LogP contribution in [0.4, 0.5) is 4.79 Å². The quantitative estimate of drug-likeness (QED) is 0.279. The first-order chi connectivity index (χ1) is 16.6. The van der Waals surface area contributed by atoms with E-state index in [0.29, 0.717) is 5.56 Å². The minimum Gasteiger partial charge on any atom is -0.445 e. The molecule has 4 heteroatoms. The number of ether oxygens (including phenoxy) is 1. The van der Waals surface area contributed by atoms with Crippen LogP contribution in [0.1, 0.15) is 38.7 Å². The first kappa shape index (κ1) is 23.0. The SMILES string of the molecule is Cc1ccc(C(C(=O)c2ccccc2)N(Cc2ccccc2)C(=O)OCc2ccccc2)cc1. The molecule has 0 N–H and O–H groups in total. The average molecular weight is 450 g/mol. The van der Waals surface area contributed by atoms with Crippen LogP contribution < -0.4 is 0 Å². The van der Waals surface area contributed by atoms with E-state index in [4.69, 9.17) is 4.74 Å². The van der Waals surface area contributed by atoms with Crippen LogP contribution in [0.3, 0.4) is 0 Å². The minimum atomic E-state index is -0.827. The van der Waals surface area contributed by atoms with Gasteiger partial charge < -0.3 is 4.74 Å². The van der Waals surface area contributed by atoms with Crippen molar-refractivity contribution in [2.75, 3.05) is 0 Å². The maximum absolute atomic E-state index is 13.8. The summed E-state index contributed by atoms with van der Waals surface area (Å²) in [4.78, 5) is 28.8. The topological polar surface area (TPSA) is 46.6 Å². The second-order valence-corrected chi connectivity index (χ2v) is 8.20. The lowest BCUT2D eigenvalue weighted by atomic mass is 9.95. The number of hydrogen-bond donors (Lipinski definition) is 0. The molecule has 0 fully saturated rings. The van der Waals surface area contributed by atoms with E-state index in [1.54, 1.807) is 12.1 Å². The molecule has 4 aromatic rings. The van der Waals surface area contributed by atoms with Gasteiger partial charge >= 0.3 is 6.09 Å². The highest BCUT2D eigenvalue weighted by Crippen LogP contribution is 2.28. The van der Waals surface area contributed by atoms with Crippen molar-refractivity contribution < 1.29 is 14.3 Å². The van der Waals surface area contributed by atoms with Gasteiger partial charge in [-0.25, -0.2) is 4.79 Å². The molecule has 4 nitrogen and oxygen atoms in total. The van der Waals surface area contributed by atoms with Gasteiger partial charge in [0.1, 0.15) is 12.6 Å². The molecule has 0 aromatic heterocycles. The van der Waals surface area contributed by atoms with E-state index < -0.39 is 12.1 Å². The van der Waals surface area contributed by atoms with Crippen molar-refractivity contribution in [2.45, 2.75) is 26.1 Å². The zero-order valence-corrected chi connectivity index (χ0v) is 19.1. The summed E-state index contributed by atoms with van der Waals surface area (Å²) in [5.41, 5.74) is 4.17. The van der Waals surface area contributed by atoms with Crippen LogP contribution in [0.25, 0.3) is 0 Å². The molecular weight excluding hydrogens is 422 g/mol. The summed E-state index contributed by atoms with van der Waals surface area (Å²) < 4.78 is 5.71. The smallest absolute Gasteiger partial charge is 0.411 e. The molecule has 1 atom stereocenters. The molecule has 0 aliphatic carbocycles. The Kier molecular flexibility index (Phi) is 7.51. The molecular formula is C30H27NO3. The van der Waals surface area contributed by atoms with Crippen LogP contribution in [0.5, 0.6) is 0 Å². The molecule has 170 valence electrons. The highest BCUT2D eigenvalue weighted by atomic mass is 16.6. The van der Waals surface area contributed by atoms with Gasteiger partial charge in [0.25, 0.3) is 0 Å². The summed E-state index contributed by atoms with van der Waals surface area (Å²) in [5.74, 6) is -0.156. The van der Waals surface area contributed by atoms with Crippen LogP contribution in [-0.4, -0.2) is 16.8 Å². The fourth-order valence-electron chi connectivity index (χ4n) is 3.83. The van der Waals surface area contributed by atoms with Crippen molar-refractivity contribution in [3.8, 4) is 0 Å². The average Bonchev–Trinajstić information content (AvgIpc) is 2.89. The number of hydrogen-bond acceptors (Lipinski definition) is 3. The lowest BCUT2D eigenvalue weighted by Gasteiger charge is -2.31. The van der Waals surface area contributed by atoms with Crippen LogP contribution in [0.15, 0.2) is 115 Å². The molecule has 4 aromatic carbocycles. The second-order valence-electron chi connectivity index (χ2n) is 8.20. The molecule has 34 heavy (non-hydrogen) atoms. The lowest BCUT2D eigenvalue weighted by molar-refractivity contribution is 0.0627. The van der Waals surface area contributed by atoms with Crippen LogP contribution in [-0.2, 0) is 17.9 Å². The summed E-state index contributed by atoms with van der Waals surface area (Å²) >= 11 is 0. The van der Waals surface area contributed by atoms with Crippen molar-refractivity contribution >= 4 is 11.9 Å². The third kappa shape index (κ3) is 5.78. The Hall–Kier alpha value is -4.18. The zero-order valence-electron chi connectivity index (χ0n) is 19.1. The van der Waals surface area contributed by atoms with Crippen molar-refractivity contribution in [1.29, 1.82) is 0 Å². The van der Waals surface area contributed by atoms with Crippen LogP contribution in [0, 0.1) is 6.92 Å². The molecule has 1 amide bonds. The van der Waals surface area contributed by atoms with Gasteiger partial charge in [-0.2, -0.15) is 0 Å². The Balaban J connectivity index is 1.72. The molecule has 0 saturated carbocycles. The summed E-state index contributed by atoms with van der Waals surface area (Å²) in [6.07, 6.45) is -0.539. The number of Topliss-reactive ketones (excluding diaryl/α,β-unsaturated/α-hetero) is 1. The molecule has 4 rings (SSSR count). The highest BCUT2D eigenvalue weighted by molar-refractivity contribution is 6.02. The number of benzene rings is 4. The van der Waals surface area contributed by atoms with Crippen molar-refractivity contribution in [3.63, 3.8) is 0 Å². The Morgan fingerprint density at radius 1 is 0.706 bits per heavy atom. The third-order valence-corrected chi connectivity index (χ3v) is 5.65. The standard InChI is InChI=1S/C30H27NO3/c1-23-17-19-26(20-18-23)28(29(32)27-15-9-4-10-16-27)31(21-24-11-5-2-6-12-24)30(33)34-22-25-13-7-3-8-14-25/h2-20,28H,21-22H2,1H3.